The van der Waals surface area contributed by atoms with Crippen molar-refractivity contribution in [3.05, 3.63) is 41.8 Å². The van der Waals surface area contributed by atoms with Gasteiger partial charge in [0.15, 0.2) is 5.69 Å². The van der Waals surface area contributed by atoms with Crippen LogP contribution in [0.2, 0.25) is 0 Å². The molecule has 108 valence electrons. The highest BCUT2D eigenvalue weighted by molar-refractivity contribution is 5.92. The fourth-order valence-electron chi connectivity index (χ4n) is 1.95. The number of fused-ring (bicyclic) bond motifs is 1. The molecule has 0 aromatic carbocycles. The predicted molar refractivity (Wildman–Crippen MR) is 72.7 cm³/mol. The molecule has 0 unspecified atom stereocenters. The summed E-state index contributed by atoms with van der Waals surface area (Å²) in [6, 6.07) is 1.61. The van der Waals surface area contributed by atoms with Crippen LogP contribution in [0.5, 0.6) is 0 Å². The summed E-state index contributed by atoms with van der Waals surface area (Å²) in [5.74, 6) is 0.970. The zero-order valence-corrected chi connectivity index (χ0v) is 11.5. The molecule has 0 atom stereocenters. The van der Waals surface area contributed by atoms with E-state index in [-0.39, 0.29) is 5.91 Å². The summed E-state index contributed by atoms with van der Waals surface area (Å²) in [6.45, 7) is 2.30. The van der Waals surface area contributed by atoms with Crippen LogP contribution < -0.4 is 5.32 Å². The van der Waals surface area contributed by atoms with Crippen LogP contribution in [0.3, 0.4) is 0 Å². The van der Waals surface area contributed by atoms with Crippen molar-refractivity contribution in [2.75, 3.05) is 6.54 Å². The summed E-state index contributed by atoms with van der Waals surface area (Å²) < 4.78 is 6.49. The van der Waals surface area contributed by atoms with Gasteiger partial charge in [-0.3, -0.25) is 4.79 Å². The monoisotopic (exact) mass is 286 g/mol. The molecule has 1 N–H and O–H groups in total. The van der Waals surface area contributed by atoms with Gasteiger partial charge in [-0.1, -0.05) is 5.16 Å². The Morgan fingerprint density at radius 2 is 2.33 bits per heavy atom. The summed E-state index contributed by atoms with van der Waals surface area (Å²) >= 11 is 0. The van der Waals surface area contributed by atoms with Crippen molar-refractivity contribution < 1.29 is 9.32 Å². The molecule has 3 heterocycles. The molecular formula is C13H14N6O2. The van der Waals surface area contributed by atoms with E-state index in [0.717, 1.165) is 18.4 Å². The molecule has 3 aromatic rings. The zero-order valence-electron chi connectivity index (χ0n) is 11.5. The number of rotatable bonds is 5. The molecule has 0 aliphatic carbocycles. The van der Waals surface area contributed by atoms with Crippen molar-refractivity contribution in [1.29, 1.82) is 0 Å². The van der Waals surface area contributed by atoms with Crippen LogP contribution in [0.1, 0.15) is 28.2 Å². The summed E-state index contributed by atoms with van der Waals surface area (Å²) in [5, 5.41) is 10.5. The Labute approximate surface area is 120 Å². The minimum Gasteiger partial charge on any atom is -0.361 e. The van der Waals surface area contributed by atoms with Crippen LogP contribution in [0.25, 0.3) is 5.78 Å². The molecule has 0 saturated carbocycles. The number of hydrogen-bond acceptors (Lipinski definition) is 6. The normalized spacial score (nSPS) is 10.9. The van der Waals surface area contributed by atoms with Gasteiger partial charge in [0.2, 0.25) is 0 Å². The number of aromatic nitrogens is 5. The van der Waals surface area contributed by atoms with Crippen molar-refractivity contribution in [2.24, 2.45) is 0 Å². The van der Waals surface area contributed by atoms with E-state index < -0.39 is 0 Å². The van der Waals surface area contributed by atoms with Gasteiger partial charge < -0.3 is 9.84 Å². The maximum Gasteiger partial charge on any atom is 0.273 e. The fourth-order valence-corrected chi connectivity index (χ4v) is 1.95. The van der Waals surface area contributed by atoms with Crippen molar-refractivity contribution in [1.82, 2.24) is 30.1 Å². The lowest BCUT2D eigenvalue weighted by molar-refractivity contribution is 0.0944. The lowest BCUT2D eigenvalue weighted by atomic mass is 10.2. The smallest absolute Gasteiger partial charge is 0.273 e. The standard InChI is InChI=1S/C13H14N6O2/c1-9-5-11(18-21-9)12(20)14-4-2-3-10-6-15-13-16-8-17-19(13)7-10/h5-8H,2-4H2,1H3,(H,14,20). The van der Waals surface area contributed by atoms with Crippen LogP contribution in [-0.4, -0.2) is 37.2 Å². The molecule has 0 fully saturated rings. The van der Waals surface area contributed by atoms with Gasteiger partial charge in [0.05, 0.1) is 0 Å². The molecular weight excluding hydrogens is 272 g/mol. The number of carbonyl (C=O) groups excluding carboxylic acids is 1. The highest BCUT2D eigenvalue weighted by Crippen LogP contribution is 2.03. The maximum absolute atomic E-state index is 11.7. The third-order valence-electron chi connectivity index (χ3n) is 2.98. The average Bonchev–Trinajstić information content (AvgIpc) is 3.11. The average molecular weight is 286 g/mol. The molecule has 0 bridgehead atoms. The number of carbonyl (C=O) groups is 1. The quantitative estimate of drug-likeness (QED) is 0.696. The van der Waals surface area contributed by atoms with Gasteiger partial charge in [0.1, 0.15) is 12.1 Å². The Morgan fingerprint density at radius 1 is 1.43 bits per heavy atom. The number of nitrogens with one attached hydrogen (secondary N) is 1. The molecule has 3 rings (SSSR count). The molecule has 0 saturated heterocycles. The van der Waals surface area contributed by atoms with Crippen LogP contribution in [0.4, 0.5) is 0 Å². The molecule has 3 aromatic heterocycles. The summed E-state index contributed by atoms with van der Waals surface area (Å²) in [4.78, 5) is 19.9. The van der Waals surface area contributed by atoms with Gasteiger partial charge in [-0.05, 0) is 25.3 Å². The van der Waals surface area contributed by atoms with Crippen molar-refractivity contribution in [3.63, 3.8) is 0 Å². The number of amides is 1. The topological polar surface area (TPSA) is 98.2 Å². The SMILES string of the molecule is Cc1cc(C(=O)NCCCc2cnc3ncnn3c2)no1. The lowest BCUT2D eigenvalue weighted by Crippen LogP contribution is -2.25. The second kappa shape index (κ2) is 5.70. The Bertz CT molecular complexity index is 763. The van der Waals surface area contributed by atoms with E-state index in [9.17, 15) is 4.79 Å². The van der Waals surface area contributed by atoms with E-state index in [0.29, 0.717) is 23.8 Å². The van der Waals surface area contributed by atoms with Crippen LogP contribution >= 0.6 is 0 Å². The minimum atomic E-state index is -0.225. The Balaban J connectivity index is 1.48. The first kappa shape index (κ1) is 13.2. The largest absolute Gasteiger partial charge is 0.361 e. The van der Waals surface area contributed by atoms with E-state index in [4.69, 9.17) is 4.52 Å². The molecule has 0 aliphatic heterocycles. The van der Waals surface area contributed by atoms with Crippen LogP contribution in [-0.2, 0) is 6.42 Å². The lowest BCUT2D eigenvalue weighted by Gasteiger charge is -2.03. The Hall–Kier alpha value is -2.77. The first-order valence-electron chi connectivity index (χ1n) is 6.58. The molecule has 8 heteroatoms. The molecule has 0 radical (unpaired) electrons. The van der Waals surface area contributed by atoms with E-state index in [2.05, 4.69) is 25.5 Å². The molecule has 0 spiro atoms. The van der Waals surface area contributed by atoms with Crippen LogP contribution in [0, 0.1) is 6.92 Å². The Kier molecular flexibility index (Phi) is 3.59. The van der Waals surface area contributed by atoms with Gasteiger partial charge in [0.25, 0.3) is 11.7 Å². The fraction of sp³-hybridized carbons (Fsp3) is 0.308. The van der Waals surface area contributed by atoms with Crippen molar-refractivity contribution >= 4 is 11.7 Å². The summed E-state index contributed by atoms with van der Waals surface area (Å²) in [5.41, 5.74) is 1.35. The third kappa shape index (κ3) is 3.04. The predicted octanol–water partition coefficient (Wildman–Crippen LogP) is 0.783. The van der Waals surface area contributed by atoms with Gasteiger partial charge in [-0.15, -0.1) is 0 Å². The third-order valence-corrected chi connectivity index (χ3v) is 2.98. The van der Waals surface area contributed by atoms with Crippen molar-refractivity contribution in [3.8, 4) is 0 Å². The number of hydrogen-bond donors (Lipinski definition) is 1. The molecule has 0 aliphatic rings. The zero-order chi connectivity index (χ0) is 14.7. The molecule has 8 nitrogen and oxygen atoms in total. The summed E-state index contributed by atoms with van der Waals surface area (Å²) in [6.07, 6.45) is 6.71. The van der Waals surface area contributed by atoms with E-state index in [1.807, 2.05) is 6.20 Å². The van der Waals surface area contributed by atoms with Gasteiger partial charge in [-0.25, -0.2) is 9.50 Å². The van der Waals surface area contributed by atoms with Gasteiger partial charge in [0, 0.05) is 25.0 Å². The Morgan fingerprint density at radius 3 is 3.14 bits per heavy atom. The number of nitrogens with zero attached hydrogens (tertiary/aromatic N) is 5. The minimum absolute atomic E-state index is 0.225. The first-order chi connectivity index (χ1) is 10.2. The second-order valence-corrected chi connectivity index (χ2v) is 4.65. The molecule has 21 heavy (non-hydrogen) atoms. The highest BCUT2D eigenvalue weighted by Gasteiger charge is 2.09. The van der Waals surface area contributed by atoms with Crippen molar-refractivity contribution in [2.45, 2.75) is 19.8 Å². The van der Waals surface area contributed by atoms with E-state index in [1.54, 1.807) is 23.7 Å². The highest BCUT2D eigenvalue weighted by atomic mass is 16.5. The molecule has 1 amide bonds. The summed E-state index contributed by atoms with van der Waals surface area (Å²) in [7, 11) is 0. The van der Waals surface area contributed by atoms with Gasteiger partial charge >= 0.3 is 0 Å². The number of aryl methyl sites for hydroxylation is 2. The van der Waals surface area contributed by atoms with E-state index in [1.165, 1.54) is 6.33 Å². The maximum atomic E-state index is 11.7. The second-order valence-electron chi connectivity index (χ2n) is 4.65. The van der Waals surface area contributed by atoms with Crippen LogP contribution in [0.15, 0.2) is 29.3 Å². The van der Waals surface area contributed by atoms with E-state index >= 15 is 0 Å². The van der Waals surface area contributed by atoms with Gasteiger partial charge in [-0.2, -0.15) is 10.1 Å². The first-order valence-corrected chi connectivity index (χ1v) is 6.58.